The maximum Gasteiger partial charge on any atom is 0.206 e. The van der Waals surface area contributed by atoms with Crippen LogP contribution in [-0.4, -0.2) is 15.0 Å². The molecule has 0 atom stereocenters. The zero-order valence-corrected chi connectivity index (χ0v) is 13.1. The van der Waals surface area contributed by atoms with Crippen LogP contribution in [-0.2, 0) is 0 Å². The van der Waals surface area contributed by atoms with Gasteiger partial charge in [0.2, 0.25) is 5.95 Å². The second-order valence-electron chi connectivity index (χ2n) is 6.37. The van der Waals surface area contributed by atoms with Gasteiger partial charge in [0.05, 0.1) is 5.52 Å². The van der Waals surface area contributed by atoms with Crippen LogP contribution in [0.25, 0.3) is 11.2 Å². The number of rotatable bonds is 4. The third kappa shape index (κ3) is 3.38. The lowest BCUT2D eigenvalue weighted by molar-refractivity contribution is 0.215. The summed E-state index contributed by atoms with van der Waals surface area (Å²) in [6.07, 6.45) is 7.58. The number of pyridine rings is 1. The molecule has 1 fully saturated rings. The highest BCUT2D eigenvalue weighted by Crippen LogP contribution is 2.40. The minimum atomic E-state index is 0.371. The first kappa shape index (κ1) is 14.4. The molecule has 112 valence electrons. The fraction of sp³-hybridized carbons (Fsp3) is 0.500. The molecule has 2 aromatic heterocycles. The maximum atomic E-state index is 5.88. The van der Waals surface area contributed by atoms with E-state index >= 15 is 0 Å². The van der Waals surface area contributed by atoms with Crippen molar-refractivity contribution in [1.29, 1.82) is 0 Å². The molecule has 5 heteroatoms. The van der Waals surface area contributed by atoms with E-state index in [0.717, 1.165) is 17.6 Å². The van der Waals surface area contributed by atoms with Gasteiger partial charge in [-0.15, -0.1) is 0 Å². The molecule has 0 unspecified atom stereocenters. The lowest BCUT2D eigenvalue weighted by atomic mass is 9.73. The summed E-state index contributed by atoms with van der Waals surface area (Å²) in [7, 11) is 0. The smallest absolute Gasteiger partial charge is 0.206 e. The number of H-pyrrole nitrogens is 1. The zero-order valence-electron chi connectivity index (χ0n) is 12.4. The summed E-state index contributed by atoms with van der Waals surface area (Å²) in [5, 5.41) is 3.73. The number of allylic oxidation sites excluding steroid dienone is 1. The van der Waals surface area contributed by atoms with Crippen molar-refractivity contribution in [3.05, 3.63) is 29.6 Å². The van der Waals surface area contributed by atoms with Gasteiger partial charge in [0.25, 0.3) is 0 Å². The molecule has 0 bridgehead atoms. The molecule has 1 aliphatic carbocycles. The van der Waals surface area contributed by atoms with E-state index in [1.165, 1.54) is 32.1 Å². The Morgan fingerprint density at radius 3 is 2.86 bits per heavy atom. The Kier molecular flexibility index (Phi) is 3.89. The van der Waals surface area contributed by atoms with Crippen LogP contribution in [0.3, 0.4) is 0 Å². The Morgan fingerprint density at radius 2 is 2.10 bits per heavy atom. The molecule has 0 amide bonds. The quantitative estimate of drug-likeness (QED) is 0.790. The van der Waals surface area contributed by atoms with E-state index < -0.39 is 0 Å². The average molecular weight is 305 g/mol. The molecule has 1 aliphatic rings. The molecule has 2 heterocycles. The molecule has 3 rings (SSSR count). The van der Waals surface area contributed by atoms with Gasteiger partial charge in [-0.2, -0.15) is 4.98 Å². The maximum absolute atomic E-state index is 5.88. The fourth-order valence-corrected chi connectivity index (χ4v) is 3.38. The van der Waals surface area contributed by atoms with Crippen LogP contribution in [0.2, 0.25) is 5.15 Å². The predicted molar refractivity (Wildman–Crippen MR) is 87.5 cm³/mol. The van der Waals surface area contributed by atoms with Crippen molar-refractivity contribution in [3.63, 3.8) is 0 Å². The van der Waals surface area contributed by atoms with Gasteiger partial charge < -0.3 is 10.3 Å². The number of aromatic nitrogens is 3. The molecule has 0 aliphatic heterocycles. The van der Waals surface area contributed by atoms with Gasteiger partial charge in [0.1, 0.15) is 5.15 Å². The normalized spacial score (nSPS) is 17.8. The number of halogens is 1. The summed E-state index contributed by atoms with van der Waals surface area (Å²) in [6.45, 7) is 6.52. The van der Waals surface area contributed by atoms with Crippen LogP contribution in [0.1, 0.15) is 45.4 Å². The van der Waals surface area contributed by atoms with Crippen molar-refractivity contribution in [2.24, 2.45) is 5.41 Å². The standard InChI is InChI=1S/C16H21ClN4/c1-11(10-16(2)8-4-3-5-9-16)18-15-19-12-6-7-13(17)20-14(12)21-15/h6-7H,1,3-5,8-10H2,2H3,(H2,18,19,20,21). The summed E-state index contributed by atoms with van der Waals surface area (Å²) < 4.78 is 0. The molecule has 4 nitrogen and oxygen atoms in total. The third-order valence-electron chi connectivity index (χ3n) is 4.31. The lowest BCUT2D eigenvalue weighted by Crippen LogP contribution is -2.22. The highest BCUT2D eigenvalue weighted by atomic mass is 35.5. The van der Waals surface area contributed by atoms with Crippen molar-refractivity contribution in [1.82, 2.24) is 15.0 Å². The first-order valence-corrected chi connectivity index (χ1v) is 7.89. The molecular formula is C16H21ClN4. The molecule has 0 saturated heterocycles. The van der Waals surface area contributed by atoms with Crippen molar-refractivity contribution in [2.45, 2.75) is 45.4 Å². The molecule has 0 spiro atoms. The summed E-state index contributed by atoms with van der Waals surface area (Å²) in [4.78, 5) is 11.8. The average Bonchev–Trinajstić information content (AvgIpc) is 2.79. The molecule has 1 saturated carbocycles. The number of aromatic amines is 1. The van der Waals surface area contributed by atoms with Crippen LogP contribution in [0, 0.1) is 5.41 Å². The number of imidazole rings is 1. The Labute approximate surface area is 130 Å². The van der Waals surface area contributed by atoms with Crippen LogP contribution in [0.4, 0.5) is 5.95 Å². The van der Waals surface area contributed by atoms with Crippen molar-refractivity contribution in [3.8, 4) is 0 Å². The molecule has 2 aromatic rings. The fourth-order valence-electron chi connectivity index (χ4n) is 3.24. The highest BCUT2D eigenvalue weighted by Gasteiger charge is 2.27. The second kappa shape index (κ2) is 5.68. The molecule has 21 heavy (non-hydrogen) atoms. The van der Waals surface area contributed by atoms with Gasteiger partial charge in [0, 0.05) is 5.70 Å². The van der Waals surface area contributed by atoms with Crippen molar-refractivity contribution < 1.29 is 0 Å². The van der Waals surface area contributed by atoms with Gasteiger partial charge in [-0.1, -0.05) is 44.4 Å². The van der Waals surface area contributed by atoms with E-state index in [4.69, 9.17) is 11.6 Å². The van der Waals surface area contributed by atoms with E-state index in [9.17, 15) is 0 Å². The summed E-state index contributed by atoms with van der Waals surface area (Å²) >= 11 is 5.88. The Hall–Kier alpha value is -1.55. The molecule has 2 N–H and O–H groups in total. The first-order valence-electron chi connectivity index (χ1n) is 7.51. The minimum Gasteiger partial charge on any atom is -0.330 e. The summed E-state index contributed by atoms with van der Waals surface area (Å²) in [5.74, 6) is 0.684. The van der Waals surface area contributed by atoms with Gasteiger partial charge in [-0.25, -0.2) is 4.98 Å². The third-order valence-corrected chi connectivity index (χ3v) is 4.52. The number of anilines is 1. The summed E-state index contributed by atoms with van der Waals surface area (Å²) in [6, 6.07) is 3.64. The van der Waals surface area contributed by atoms with Crippen molar-refractivity contribution >= 4 is 28.7 Å². The number of hydrogen-bond donors (Lipinski definition) is 2. The highest BCUT2D eigenvalue weighted by molar-refractivity contribution is 6.29. The predicted octanol–water partition coefficient (Wildman–Crippen LogP) is 4.90. The number of nitrogens with zero attached hydrogens (tertiary/aromatic N) is 2. The lowest BCUT2D eigenvalue weighted by Gasteiger charge is -2.34. The zero-order chi connectivity index (χ0) is 14.9. The number of fused-ring (bicyclic) bond motifs is 1. The Balaban J connectivity index is 1.68. The van der Waals surface area contributed by atoms with Crippen LogP contribution in [0.5, 0.6) is 0 Å². The summed E-state index contributed by atoms with van der Waals surface area (Å²) in [5.41, 5.74) is 2.88. The van der Waals surface area contributed by atoms with Crippen LogP contribution in [0.15, 0.2) is 24.4 Å². The number of hydrogen-bond acceptors (Lipinski definition) is 3. The monoisotopic (exact) mass is 304 g/mol. The van der Waals surface area contributed by atoms with Crippen LogP contribution < -0.4 is 5.32 Å². The molecule has 0 radical (unpaired) electrons. The van der Waals surface area contributed by atoms with Gasteiger partial charge >= 0.3 is 0 Å². The largest absolute Gasteiger partial charge is 0.330 e. The second-order valence-corrected chi connectivity index (χ2v) is 6.75. The SMILES string of the molecule is C=C(CC1(C)CCCCC1)Nc1nc2nc(Cl)ccc2[nH]1. The van der Waals surface area contributed by atoms with Crippen LogP contribution >= 0.6 is 11.6 Å². The van der Waals surface area contributed by atoms with E-state index in [-0.39, 0.29) is 0 Å². The van der Waals surface area contributed by atoms with E-state index in [1.807, 2.05) is 6.07 Å². The van der Waals surface area contributed by atoms with E-state index in [1.54, 1.807) is 6.07 Å². The molecule has 0 aromatic carbocycles. The molecular weight excluding hydrogens is 284 g/mol. The topological polar surface area (TPSA) is 53.6 Å². The minimum absolute atomic E-state index is 0.371. The first-order chi connectivity index (χ1) is 10.0. The van der Waals surface area contributed by atoms with E-state index in [0.29, 0.717) is 22.2 Å². The van der Waals surface area contributed by atoms with E-state index in [2.05, 4.69) is 33.8 Å². The Bertz CT molecular complexity index is 655. The van der Waals surface area contributed by atoms with Gasteiger partial charge in [-0.05, 0) is 36.8 Å². The number of nitrogens with one attached hydrogen (secondary N) is 2. The Morgan fingerprint density at radius 1 is 1.33 bits per heavy atom. The van der Waals surface area contributed by atoms with Gasteiger partial charge in [-0.3, -0.25) is 0 Å². The van der Waals surface area contributed by atoms with Crippen molar-refractivity contribution in [2.75, 3.05) is 5.32 Å². The van der Waals surface area contributed by atoms with Gasteiger partial charge in [0.15, 0.2) is 5.65 Å².